The number of piperazine rings is 1. The molecular formula is C20H27IN6O2. The first kappa shape index (κ1) is 21.4. The van der Waals surface area contributed by atoms with Crippen LogP contribution in [0.5, 0.6) is 11.5 Å². The average Bonchev–Trinajstić information content (AvgIpc) is 2.77. The van der Waals surface area contributed by atoms with Gasteiger partial charge in [-0.15, -0.1) is 24.0 Å². The molecule has 0 spiro atoms. The predicted molar refractivity (Wildman–Crippen MR) is 124 cm³/mol. The van der Waals surface area contributed by atoms with Crippen LogP contribution in [0.15, 0.2) is 41.7 Å². The van der Waals surface area contributed by atoms with Crippen molar-refractivity contribution in [2.75, 3.05) is 57.9 Å². The van der Waals surface area contributed by atoms with Gasteiger partial charge >= 0.3 is 0 Å². The quantitative estimate of drug-likeness (QED) is 0.382. The van der Waals surface area contributed by atoms with E-state index in [0.717, 1.165) is 62.6 Å². The Labute approximate surface area is 188 Å². The molecule has 29 heavy (non-hydrogen) atoms. The average molecular weight is 510 g/mol. The Bertz CT molecular complexity index is 812. The summed E-state index contributed by atoms with van der Waals surface area (Å²) in [6.45, 7) is 5.59. The Morgan fingerprint density at radius 3 is 2.52 bits per heavy atom. The summed E-state index contributed by atoms with van der Waals surface area (Å²) in [5.74, 6) is 3.40. The van der Waals surface area contributed by atoms with Gasteiger partial charge in [0.15, 0.2) is 17.5 Å². The normalized spacial score (nSPS) is 16.2. The molecule has 0 radical (unpaired) electrons. The SMILES string of the molecule is CN=C(NCCc1ccc2c(c1)OCCO2)N1CCN(c2ncccn2)CC1.I. The summed E-state index contributed by atoms with van der Waals surface area (Å²) in [4.78, 5) is 17.6. The van der Waals surface area contributed by atoms with Crippen LogP contribution in [-0.4, -0.2) is 73.8 Å². The smallest absolute Gasteiger partial charge is 0.225 e. The summed E-state index contributed by atoms with van der Waals surface area (Å²) in [6, 6.07) is 7.99. The van der Waals surface area contributed by atoms with E-state index in [-0.39, 0.29) is 24.0 Å². The molecule has 0 aliphatic carbocycles. The molecule has 0 amide bonds. The summed E-state index contributed by atoms with van der Waals surface area (Å²) >= 11 is 0. The Morgan fingerprint density at radius 2 is 1.79 bits per heavy atom. The van der Waals surface area contributed by atoms with E-state index >= 15 is 0 Å². The minimum atomic E-state index is 0. The Kier molecular flexibility index (Phi) is 7.73. The molecule has 0 saturated carbocycles. The van der Waals surface area contributed by atoms with E-state index in [1.165, 1.54) is 5.56 Å². The molecule has 1 aromatic carbocycles. The first-order valence-corrected chi connectivity index (χ1v) is 9.69. The molecule has 2 aliphatic heterocycles. The summed E-state index contributed by atoms with van der Waals surface area (Å²) in [5.41, 5.74) is 1.22. The van der Waals surface area contributed by atoms with Gasteiger partial charge in [0.2, 0.25) is 5.95 Å². The van der Waals surface area contributed by atoms with Gasteiger partial charge in [0.05, 0.1) is 0 Å². The Morgan fingerprint density at radius 1 is 1.07 bits per heavy atom. The molecule has 1 fully saturated rings. The number of benzene rings is 1. The van der Waals surface area contributed by atoms with Crippen LogP contribution >= 0.6 is 24.0 Å². The second kappa shape index (κ2) is 10.5. The minimum absolute atomic E-state index is 0. The van der Waals surface area contributed by atoms with E-state index in [2.05, 4.69) is 42.2 Å². The number of ether oxygens (including phenoxy) is 2. The molecule has 0 bridgehead atoms. The number of guanidine groups is 1. The standard InChI is InChI=1S/C20H26N6O2.HI/c1-21-19(25-9-11-26(12-10-25)20-22-6-2-7-23-20)24-8-5-16-3-4-17-18(15-16)28-14-13-27-17;/h2-4,6-7,15H,5,8-14H2,1H3,(H,21,24);1H. The van der Waals surface area contributed by atoms with E-state index in [9.17, 15) is 0 Å². The molecule has 156 valence electrons. The van der Waals surface area contributed by atoms with Crippen molar-refractivity contribution in [3.05, 3.63) is 42.2 Å². The van der Waals surface area contributed by atoms with Gasteiger partial charge in [0, 0.05) is 52.2 Å². The number of aromatic nitrogens is 2. The van der Waals surface area contributed by atoms with Crippen LogP contribution in [0.1, 0.15) is 5.56 Å². The lowest BCUT2D eigenvalue weighted by Crippen LogP contribution is -2.53. The molecule has 1 aromatic heterocycles. The number of anilines is 1. The summed E-state index contributed by atoms with van der Waals surface area (Å²) in [7, 11) is 1.83. The second-order valence-electron chi connectivity index (χ2n) is 6.72. The molecule has 3 heterocycles. The maximum Gasteiger partial charge on any atom is 0.225 e. The summed E-state index contributed by atoms with van der Waals surface area (Å²) in [6.07, 6.45) is 4.47. The molecule has 9 heteroatoms. The third-order valence-corrected chi connectivity index (χ3v) is 4.93. The minimum Gasteiger partial charge on any atom is -0.486 e. The Hall–Kier alpha value is -2.30. The molecule has 2 aromatic rings. The zero-order valence-corrected chi connectivity index (χ0v) is 18.9. The zero-order valence-electron chi connectivity index (χ0n) is 16.6. The molecule has 0 unspecified atom stereocenters. The fourth-order valence-electron chi connectivity index (χ4n) is 3.47. The van der Waals surface area contributed by atoms with Crippen LogP contribution in [0.25, 0.3) is 0 Å². The van der Waals surface area contributed by atoms with E-state index in [4.69, 9.17) is 9.47 Å². The number of nitrogens with zero attached hydrogens (tertiary/aromatic N) is 5. The van der Waals surface area contributed by atoms with Gasteiger partial charge < -0.3 is 24.6 Å². The van der Waals surface area contributed by atoms with Gasteiger partial charge in [0.25, 0.3) is 0 Å². The number of nitrogens with one attached hydrogen (secondary N) is 1. The highest BCUT2D eigenvalue weighted by atomic mass is 127. The fourth-order valence-corrected chi connectivity index (χ4v) is 3.47. The third kappa shape index (κ3) is 5.40. The van der Waals surface area contributed by atoms with Gasteiger partial charge in [-0.25, -0.2) is 9.97 Å². The van der Waals surface area contributed by atoms with E-state index in [1.54, 1.807) is 12.4 Å². The topological polar surface area (TPSA) is 75.1 Å². The van der Waals surface area contributed by atoms with Crippen LogP contribution in [0.2, 0.25) is 0 Å². The van der Waals surface area contributed by atoms with Crippen molar-refractivity contribution in [2.45, 2.75) is 6.42 Å². The molecule has 2 aliphatic rings. The van der Waals surface area contributed by atoms with Gasteiger partial charge in [-0.1, -0.05) is 6.07 Å². The van der Waals surface area contributed by atoms with Crippen LogP contribution in [0.4, 0.5) is 5.95 Å². The number of hydrogen-bond acceptors (Lipinski definition) is 6. The van der Waals surface area contributed by atoms with Crippen LogP contribution < -0.4 is 19.7 Å². The lowest BCUT2D eigenvalue weighted by atomic mass is 10.1. The van der Waals surface area contributed by atoms with Crippen molar-refractivity contribution in [3.8, 4) is 11.5 Å². The van der Waals surface area contributed by atoms with Gasteiger partial charge in [0.1, 0.15) is 13.2 Å². The molecule has 8 nitrogen and oxygen atoms in total. The maximum absolute atomic E-state index is 5.66. The number of hydrogen-bond donors (Lipinski definition) is 1. The van der Waals surface area contributed by atoms with Crippen molar-refractivity contribution >= 4 is 35.9 Å². The molecular weight excluding hydrogens is 483 g/mol. The zero-order chi connectivity index (χ0) is 19.2. The highest BCUT2D eigenvalue weighted by molar-refractivity contribution is 14.0. The van der Waals surface area contributed by atoms with Crippen molar-refractivity contribution in [3.63, 3.8) is 0 Å². The van der Waals surface area contributed by atoms with Crippen LogP contribution in [0, 0.1) is 0 Å². The third-order valence-electron chi connectivity index (χ3n) is 4.93. The number of fused-ring (bicyclic) bond motifs is 1. The maximum atomic E-state index is 5.66. The molecule has 1 saturated heterocycles. The van der Waals surface area contributed by atoms with Crippen molar-refractivity contribution < 1.29 is 9.47 Å². The lowest BCUT2D eigenvalue weighted by Gasteiger charge is -2.36. The second-order valence-corrected chi connectivity index (χ2v) is 6.72. The largest absolute Gasteiger partial charge is 0.486 e. The highest BCUT2D eigenvalue weighted by Crippen LogP contribution is 2.30. The van der Waals surface area contributed by atoms with E-state index < -0.39 is 0 Å². The van der Waals surface area contributed by atoms with Crippen molar-refractivity contribution in [1.29, 1.82) is 0 Å². The number of rotatable bonds is 4. The first-order chi connectivity index (χ1) is 13.8. The fraction of sp³-hybridized carbons (Fsp3) is 0.450. The van der Waals surface area contributed by atoms with E-state index in [0.29, 0.717) is 13.2 Å². The van der Waals surface area contributed by atoms with Gasteiger partial charge in [-0.3, -0.25) is 4.99 Å². The van der Waals surface area contributed by atoms with Crippen LogP contribution in [-0.2, 0) is 6.42 Å². The summed E-state index contributed by atoms with van der Waals surface area (Å²) in [5, 5.41) is 3.48. The lowest BCUT2D eigenvalue weighted by molar-refractivity contribution is 0.171. The van der Waals surface area contributed by atoms with Gasteiger partial charge in [-0.05, 0) is 30.2 Å². The number of aliphatic imine (C=N–C) groups is 1. The first-order valence-electron chi connectivity index (χ1n) is 9.69. The predicted octanol–water partition coefficient (Wildman–Crippen LogP) is 1.81. The monoisotopic (exact) mass is 510 g/mol. The molecule has 0 atom stereocenters. The van der Waals surface area contributed by atoms with Gasteiger partial charge in [-0.2, -0.15) is 0 Å². The molecule has 1 N–H and O–H groups in total. The number of halogens is 1. The molecule has 4 rings (SSSR count). The highest BCUT2D eigenvalue weighted by Gasteiger charge is 2.21. The van der Waals surface area contributed by atoms with Crippen molar-refractivity contribution in [1.82, 2.24) is 20.2 Å². The van der Waals surface area contributed by atoms with Crippen LogP contribution in [0.3, 0.4) is 0 Å². The van der Waals surface area contributed by atoms with Crippen molar-refractivity contribution in [2.24, 2.45) is 4.99 Å². The van der Waals surface area contributed by atoms with E-state index in [1.807, 2.05) is 19.2 Å². The Balaban J connectivity index is 0.00000240. The summed E-state index contributed by atoms with van der Waals surface area (Å²) < 4.78 is 11.2.